The van der Waals surface area contributed by atoms with Crippen LogP contribution in [0, 0.1) is 6.92 Å². The van der Waals surface area contributed by atoms with E-state index in [0.717, 1.165) is 0 Å². The van der Waals surface area contributed by atoms with Crippen LogP contribution in [0.25, 0.3) is 11.1 Å². The Balaban J connectivity index is 1.96. The summed E-state index contributed by atoms with van der Waals surface area (Å²) >= 11 is 11.6. The first-order valence-electron chi connectivity index (χ1n) is 6.12. The number of hydrogen-bond donors (Lipinski definition) is 0. The van der Waals surface area contributed by atoms with Crippen molar-refractivity contribution in [3.05, 3.63) is 52.3 Å². The second-order valence-corrected chi connectivity index (χ2v) is 6.84. The normalized spacial score (nSPS) is 11.8. The molecule has 0 aliphatic rings. The Morgan fingerprint density at radius 1 is 1.09 bits per heavy atom. The lowest BCUT2D eigenvalue weighted by molar-refractivity contribution is 0.486. The molecule has 0 fully saturated rings. The van der Waals surface area contributed by atoms with Crippen LogP contribution in [-0.4, -0.2) is 13.4 Å². The first kappa shape index (κ1) is 15.1. The smallest absolute Gasteiger partial charge is 0.339 e. The fourth-order valence-corrected chi connectivity index (χ4v) is 3.19. The van der Waals surface area contributed by atoms with E-state index in [9.17, 15) is 8.42 Å². The van der Waals surface area contributed by atoms with E-state index in [1.807, 2.05) is 0 Å². The summed E-state index contributed by atoms with van der Waals surface area (Å²) in [6.45, 7) is 1.70. The molecule has 114 valence electrons. The van der Waals surface area contributed by atoms with Crippen LogP contribution in [0.3, 0.4) is 0 Å². The molecule has 1 aromatic heterocycles. The Kier molecular flexibility index (Phi) is 3.76. The molecule has 0 saturated carbocycles. The monoisotopic (exact) mass is 357 g/mol. The van der Waals surface area contributed by atoms with Gasteiger partial charge in [-0.25, -0.2) is 4.98 Å². The molecule has 0 aliphatic heterocycles. The first-order chi connectivity index (χ1) is 10.3. The minimum Gasteiger partial charge on any atom is -0.441 e. The zero-order chi connectivity index (χ0) is 15.9. The van der Waals surface area contributed by atoms with E-state index >= 15 is 0 Å². The maximum absolute atomic E-state index is 12.2. The Hall–Kier alpha value is -1.76. The summed E-state index contributed by atoms with van der Waals surface area (Å²) in [5, 5.41) is 0.397. The SMILES string of the molecule is Cc1nc2cc(OS(=O)(=O)c3ccc(Cl)c(Cl)c3)ccc2o1. The zero-order valence-corrected chi connectivity index (χ0v) is 13.5. The molecule has 8 heteroatoms. The van der Waals surface area contributed by atoms with E-state index in [1.54, 1.807) is 13.0 Å². The maximum Gasteiger partial charge on any atom is 0.339 e. The topological polar surface area (TPSA) is 69.4 Å². The van der Waals surface area contributed by atoms with Crippen LogP contribution < -0.4 is 4.18 Å². The Bertz CT molecular complexity index is 966. The summed E-state index contributed by atoms with van der Waals surface area (Å²) in [5.74, 6) is 0.617. The molecule has 2 aromatic carbocycles. The largest absolute Gasteiger partial charge is 0.441 e. The highest BCUT2D eigenvalue weighted by Crippen LogP contribution is 2.28. The van der Waals surface area contributed by atoms with Gasteiger partial charge >= 0.3 is 10.1 Å². The van der Waals surface area contributed by atoms with E-state index in [4.69, 9.17) is 31.8 Å². The zero-order valence-electron chi connectivity index (χ0n) is 11.2. The maximum atomic E-state index is 12.2. The van der Waals surface area contributed by atoms with E-state index in [0.29, 0.717) is 17.0 Å². The van der Waals surface area contributed by atoms with Crippen LogP contribution in [0.15, 0.2) is 45.7 Å². The van der Waals surface area contributed by atoms with Crippen molar-refractivity contribution < 1.29 is 17.0 Å². The molecule has 3 aromatic rings. The predicted octanol–water partition coefficient (Wildman–Crippen LogP) is 4.21. The second kappa shape index (κ2) is 5.46. The molecule has 5 nitrogen and oxygen atoms in total. The number of nitrogens with zero attached hydrogens (tertiary/aromatic N) is 1. The van der Waals surface area contributed by atoms with Crippen molar-refractivity contribution in [2.45, 2.75) is 11.8 Å². The molecule has 3 rings (SSSR count). The van der Waals surface area contributed by atoms with Crippen molar-refractivity contribution in [2.24, 2.45) is 0 Å². The molecule has 22 heavy (non-hydrogen) atoms. The predicted molar refractivity (Wildman–Crippen MR) is 83.0 cm³/mol. The van der Waals surface area contributed by atoms with Crippen molar-refractivity contribution in [3.8, 4) is 5.75 Å². The third-order valence-electron chi connectivity index (χ3n) is 2.85. The van der Waals surface area contributed by atoms with Gasteiger partial charge in [0.1, 0.15) is 16.2 Å². The number of aromatic nitrogens is 1. The lowest BCUT2D eigenvalue weighted by atomic mass is 10.3. The minimum atomic E-state index is -4.02. The molecule has 0 unspecified atom stereocenters. The quantitative estimate of drug-likeness (QED) is 0.656. The van der Waals surface area contributed by atoms with E-state index in [-0.39, 0.29) is 20.7 Å². The van der Waals surface area contributed by atoms with Crippen LogP contribution in [0.1, 0.15) is 5.89 Å². The number of rotatable bonds is 3. The summed E-state index contributed by atoms with van der Waals surface area (Å²) < 4.78 is 34.9. The van der Waals surface area contributed by atoms with E-state index in [2.05, 4.69) is 4.98 Å². The van der Waals surface area contributed by atoms with Crippen LogP contribution in [0.5, 0.6) is 5.75 Å². The van der Waals surface area contributed by atoms with Crippen LogP contribution in [0.4, 0.5) is 0 Å². The van der Waals surface area contributed by atoms with Gasteiger partial charge in [-0.3, -0.25) is 0 Å². The first-order valence-corrected chi connectivity index (χ1v) is 8.28. The van der Waals surface area contributed by atoms with E-state index < -0.39 is 10.1 Å². The van der Waals surface area contributed by atoms with Crippen LogP contribution in [-0.2, 0) is 10.1 Å². The fraction of sp³-hybridized carbons (Fsp3) is 0.0714. The number of benzene rings is 2. The standard InChI is InChI=1S/C14H9Cl2NO4S/c1-8-17-13-6-9(2-5-14(13)20-8)21-22(18,19)10-3-4-11(15)12(16)7-10/h2-7H,1H3. The van der Waals surface area contributed by atoms with Gasteiger partial charge in [-0.2, -0.15) is 8.42 Å². The highest BCUT2D eigenvalue weighted by molar-refractivity contribution is 7.87. The summed E-state index contributed by atoms with van der Waals surface area (Å²) in [4.78, 5) is 4.04. The van der Waals surface area contributed by atoms with Crippen molar-refractivity contribution >= 4 is 44.4 Å². The Morgan fingerprint density at radius 3 is 2.59 bits per heavy atom. The van der Waals surface area contributed by atoms with Crippen LogP contribution in [0.2, 0.25) is 10.0 Å². The number of hydrogen-bond acceptors (Lipinski definition) is 5. The summed E-state index contributed by atoms with van der Waals surface area (Å²) in [6.07, 6.45) is 0. The molecule has 1 heterocycles. The summed E-state index contributed by atoms with van der Waals surface area (Å²) in [5.41, 5.74) is 1.07. The second-order valence-electron chi connectivity index (χ2n) is 4.48. The molecule has 0 saturated heterocycles. The molecule has 0 spiro atoms. The molecular weight excluding hydrogens is 349 g/mol. The van der Waals surface area contributed by atoms with Gasteiger partial charge in [0.15, 0.2) is 11.5 Å². The van der Waals surface area contributed by atoms with E-state index in [1.165, 1.54) is 30.3 Å². The van der Waals surface area contributed by atoms with Crippen molar-refractivity contribution in [3.63, 3.8) is 0 Å². The van der Waals surface area contributed by atoms with Gasteiger partial charge in [-0.15, -0.1) is 0 Å². The van der Waals surface area contributed by atoms with Crippen LogP contribution >= 0.6 is 23.2 Å². The summed E-state index contributed by atoms with van der Waals surface area (Å²) in [6, 6.07) is 8.52. The summed E-state index contributed by atoms with van der Waals surface area (Å²) in [7, 11) is -4.02. The lowest BCUT2D eigenvalue weighted by Gasteiger charge is -2.07. The van der Waals surface area contributed by atoms with Gasteiger partial charge < -0.3 is 8.60 Å². The average molecular weight is 358 g/mol. The van der Waals surface area contributed by atoms with Crippen molar-refractivity contribution in [1.29, 1.82) is 0 Å². The van der Waals surface area contributed by atoms with Gasteiger partial charge in [0.2, 0.25) is 0 Å². The molecule has 0 N–H and O–H groups in total. The van der Waals surface area contributed by atoms with Gasteiger partial charge in [-0.05, 0) is 30.3 Å². The molecule has 0 radical (unpaired) electrons. The van der Waals surface area contributed by atoms with Gasteiger partial charge in [0.05, 0.1) is 10.0 Å². The number of oxazole rings is 1. The average Bonchev–Trinajstić information content (AvgIpc) is 2.80. The molecule has 0 atom stereocenters. The van der Waals surface area contributed by atoms with Crippen molar-refractivity contribution in [1.82, 2.24) is 4.98 Å². The Labute approximate surface area is 136 Å². The highest BCUT2D eigenvalue weighted by Gasteiger charge is 2.18. The minimum absolute atomic E-state index is 0.0849. The van der Waals surface area contributed by atoms with Crippen molar-refractivity contribution in [2.75, 3.05) is 0 Å². The van der Waals surface area contributed by atoms with Gasteiger partial charge in [0, 0.05) is 13.0 Å². The van der Waals surface area contributed by atoms with Gasteiger partial charge in [-0.1, -0.05) is 23.2 Å². The molecule has 0 aliphatic carbocycles. The number of aryl methyl sites for hydroxylation is 1. The Morgan fingerprint density at radius 2 is 1.86 bits per heavy atom. The van der Waals surface area contributed by atoms with Gasteiger partial charge in [0.25, 0.3) is 0 Å². The number of halogens is 2. The third-order valence-corrected chi connectivity index (χ3v) is 4.83. The lowest BCUT2D eigenvalue weighted by Crippen LogP contribution is -2.09. The molecule has 0 amide bonds. The molecule has 0 bridgehead atoms. The number of fused-ring (bicyclic) bond motifs is 1. The molecular formula is C14H9Cl2NO4S. The fourth-order valence-electron chi connectivity index (χ4n) is 1.88. The third kappa shape index (κ3) is 2.90. The highest BCUT2D eigenvalue weighted by atomic mass is 35.5.